The van der Waals surface area contributed by atoms with Gasteiger partial charge in [-0.15, -0.1) is 0 Å². The van der Waals surface area contributed by atoms with Gasteiger partial charge >= 0.3 is 0 Å². The molecule has 2 aliphatic heterocycles. The van der Waals surface area contributed by atoms with E-state index < -0.39 is 0 Å². The number of hydrogen-bond donors (Lipinski definition) is 2. The number of amides is 1. The van der Waals surface area contributed by atoms with Crippen LogP contribution in [-0.4, -0.2) is 54.7 Å². The molecule has 2 aliphatic rings. The van der Waals surface area contributed by atoms with Crippen LogP contribution in [0.4, 0.5) is 5.82 Å². The molecule has 7 nitrogen and oxygen atoms in total. The summed E-state index contributed by atoms with van der Waals surface area (Å²) in [6.45, 7) is 3.94. The molecule has 1 fully saturated rings. The van der Waals surface area contributed by atoms with Crippen molar-refractivity contribution in [1.29, 1.82) is 0 Å². The van der Waals surface area contributed by atoms with E-state index in [1.54, 1.807) is 30.5 Å². The van der Waals surface area contributed by atoms with E-state index in [2.05, 4.69) is 15.2 Å². The van der Waals surface area contributed by atoms with Gasteiger partial charge in [-0.3, -0.25) is 9.69 Å². The molecular weight excluding hydrogens is 392 g/mol. The number of nitrogen functional groups attached to an aromatic ring is 1. The number of nitrogens with zero attached hydrogens (tertiary/aromatic N) is 2. The molecular formula is C21H25ClN4O3. The number of likely N-dealkylation sites (tertiary alicyclic amines) is 1. The number of fused-ring (bicyclic) bond motifs is 1. The molecule has 3 N–H and O–H groups in total. The number of carbonyl (C=O) groups excluding carboxylic acids is 1. The number of rotatable bonds is 5. The maximum atomic E-state index is 12.3. The Kier molecular flexibility index (Phi) is 6.06. The minimum absolute atomic E-state index is 0.00854. The van der Waals surface area contributed by atoms with Crippen molar-refractivity contribution in [2.75, 3.05) is 38.5 Å². The van der Waals surface area contributed by atoms with Gasteiger partial charge in [0, 0.05) is 30.4 Å². The molecule has 1 atom stereocenters. The number of halogens is 1. The van der Waals surface area contributed by atoms with Gasteiger partial charge in [-0.2, -0.15) is 0 Å². The van der Waals surface area contributed by atoms with Crippen LogP contribution >= 0.6 is 11.6 Å². The third kappa shape index (κ3) is 4.92. The van der Waals surface area contributed by atoms with Crippen LogP contribution in [0.5, 0.6) is 11.5 Å². The number of nitrogens with one attached hydrogen (secondary N) is 1. The summed E-state index contributed by atoms with van der Waals surface area (Å²) in [6.07, 6.45) is 3.62. The summed E-state index contributed by atoms with van der Waals surface area (Å²) < 4.78 is 11.9. The van der Waals surface area contributed by atoms with E-state index in [9.17, 15) is 4.79 Å². The molecule has 0 bridgehead atoms. The summed E-state index contributed by atoms with van der Waals surface area (Å²) in [5.41, 5.74) is 6.20. The van der Waals surface area contributed by atoms with Gasteiger partial charge in [0.15, 0.2) is 11.5 Å². The molecule has 1 saturated heterocycles. The van der Waals surface area contributed by atoms with Crippen LogP contribution in [-0.2, 0) is 0 Å². The second kappa shape index (κ2) is 8.88. The lowest BCUT2D eigenvalue weighted by Gasteiger charge is -2.35. The molecule has 2 aromatic rings. The molecule has 1 aromatic heterocycles. The molecule has 0 spiro atoms. The second-order valence-electron chi connectivity index (χ2n) is 7.53. The van der Waals surface area contributed by atoms with Crippen molar-refractivity contribution in [2.45, 2.75) is 18.9 Å². The Bertz CT molecular complexity index is 871. The quantitative estimate of drug-likeness (QED) is 0.778. The van der Waals surface area contributed by atoms with Crippen molar-refractivity contribution in [3.8, 4) is 11.5 Å². The van der Waals surface area contributed by atoms with Gasteiger partial charge in [-0.25, -0.2) is 4.98 Å². The highest BCUT2D eigenvalue weighted by molar-refractivity contribution is 6.30. The average Bonchev–Trinajstić information content (AvgIpc) is 2.73. The van der Waals surface area contributed by atoms with Gasteiger partial charge in [0.2, 0.25) is 0 Å². The molecule has 0 saturated carbocycles. The van der Waals surface area contributed by atoms with Crippen molar-refractivity contribution in [3.63, 3.8) is 0 Å². The van der Waals surface area contributed by atoms with Crippen molar-refractivity contribution in [2.24, 2.45) is 5.92 Å². The van der Waals surface area contributed by atoms with Gasteiger partial charge in [-0.1, -0.05) is 11.6 Å². The number of aromatic nitrogens is 1. The Morgan fingerprint density at radius 2 is 2.10 bits per heavy atom. The Morgan fingerprint density at radius 1 is 1.28 bits per heavy atom. The lowest BCUT2D eigenvalue weighted by molar-refractivity contribution is 0.0476. The first-order chi connectivity index (χ1) is 14.1. The summed E-state index contributed by atoms with van der Waals surface area (Å²) in [7, 11) is 0. The van der Waals surface area contributed by atoms with Crippen LogP contribution in [0.1, 0.15) is 23.2 Å². The van der Waals surface area contributed by atoms with Crippen LogP contribution in [0.15, 0.2) is 36.5 Å². The monoisotopic (exact) mass is 416 g/mol. The molecule has 1 amide bonds. The minimum Gasteiger partial charge on any atom is -0.486 e. The maximum Gasteiger partial charge on any atom is 0.255 e. The third-order valence-corrected chi connectivity index (χ3v) is 5.66. The zero-order valence-corrected chi connectivity index (χ0v) is 16.9. The highest BCUT2D eigenvalue weighted by Gasteiger charge is 2.26. The number of hydrogen-bond acceptors (Lipinski definition) is 6. The third-order valence-electron chi connectivity index (χ3n) is 5.43. The Hall–Kier alpha value is -2.51. The van der Waals surface area contributed by atoms with E-state index in [4.69, 9.17) is 26.8 Å². The molecule has 4 rings (SSSR count). The number of ether oxygens (including phenoxy) is 2. The predicted molar refractivity (Wildman–Crippen MR) is 112 cm³/mol. The van der Waals surface area contributed by atoms with Crippen LogP contribution in [0, 0.1) is 5.92 Å². The van der Waals surface area contributed by atoms with E-state index in [0.717, 1.165) is 38.2 Å². The molecule has 29 heavy (non-hydrogen) atoms. The Labute approximate surface area is 175 Å². The number of carbonyl (C=O) groups is 1. The van der Waals surface area contributed by atoms with Gasteiger partial charge < -0.3 is 20.5 Å². The molecule has 0 radical (unpaired) electrons. The van der Waals surface area contributed by atoms with Gasteiger partial charge in [0.1, 0.15) is 18.5 Å². The van der Waals surface area contributed by atoms with Gasteiger partial charge in [0.05, 0.1) is 5.56 Å². The predicted octanol–water partition coefficient (Wildman–Crippen LogP) is 2.60. The number of pyridine rings is 1. The smallest absolute Gasteiger partial charge is 0.255 e. The standard InChI is InChI=1S/C21H25ClN4O3/c22-15-3-4-18-19(10-15)29-16(13-28-18)12-26-8-5-14(6-9-26)11-25-21(27)17-2-1-7-24-20(17)23/h1-4,7,10,14,16H,5-6,8-9,11-13H2,(H2,23,24)(H,25,27). The summed E-state index contributed by atoms with van der Waals surface area (Å²) in [6, 6.07) is 8.85. The molecule has 0 aliphatic carbocycles. The van der Waals surface area contributed by atoms with E-state index in [1.165, 1.54) is 0 Å². The summed E-state index contributed by atoms with van der Waals surface area (Å²) in [5.74, 6) is 2.01. The van der Waals surface area contributed by atoms with E-state index >= 15 is 0 Å². The fourth-order valence-electron chi connectivity index (χ4n) is 3.78. The van der Waals surface area contributed by atoms with E-state index in [1.807, 2.05) is 6.07 Å². The summed E-state index contributed by atoms with van der Waals surface area (Å²) in [4.78, 5) is 18.6. The number of piperidine rings is 1. The minimum atomic E-state index is -0.164. The highest BCUT2D eigenvalue weighted by atomic mass is 35.5. The SMILES string of the molecule is Nc1ncccc1C(=O)NCC1CCN(CC2COc3ccc(Cl)cc3O2)CC1. The second-order valence-corrected chi connectivity index (χ2v) is 7.97. The van der Waals surface area contributed by atoms with Crippen LogP contribution in [0.25, 0.3) is 0 Å². The Balaban J connectivity index is 1.21. The van der Waals surface area contributed by atoms with Gasteiger partial charge in [-0.05, 0) is 56.1 Å². The lowest BCUT2D eigenvalue weighted by Crippen LogP contribution is -2.45. The first kappa shape index (κ1) is 19.8. The van der Waals surface area contributed by atoms with Crippen LogP contribution in [0.3, 0.4) is 0 Å². The van der Waals surface area contributed by atoms with Crippen LogP contribution in [0.2, 0.25) is 5.02 Å². The van der Waals surface area contributed by atoms with Crippen molar-refractivity contribution >= 4 is 23.3 Å². The average molecular weight is 417 g/mol. The molecule has 1 aromatic carbocycles. The number of benzene rings is 1. The topological polar surface area (TPSA) is 89.7 Å². The van der Waals surface area contributed by atoms with Crippen LogP contribution < -0.4 is 20.5 Å². The largest absolute Gasteiger partial charge is 0.486 e. The maximum absolute atomic E-state index is 12.3. The molecule has 3 heterocycles. The fraction of sp³-hybridized carbons (Fsp3) is 0.429. The fourth-order valence-corrected chi connectivity index (χ4v) is 3.94. The summed E-state index contributed by atoms with van der Waals surface area (Å²) in [5, 5.41) is 3.63. The summed E-state index contributed by atoms with van der Waals surface area (Å²) >= 11 is 6.05. The molecule has 8 heteroatoms. The normalized spacial score (nSPS) is 19.7. The number of nitrogens with two attached hydrogens (primary N) is 1. The molecule has 1 unspecified atom stereocenters. The zero-order valence-electron chi connectivity index (χ0n) is 16.1. The Morgan fingerprint density at radius 3 is 2.90 bits per heavy atom. The van der Waals surface area contributed by atoms with Crippen molar-refractivity contribution in [1.82, 2.24) is 15.2 Å². The first-order valence-electron chi connectivity index (χ1n) is 9.88. The molecule has 154 valence electrons. The van der Waals surface area contributed by atoms with Crippen molar-refractivity contribution in [3.05, 3.63) is 47.1 Å². The van der Waals surface area contributed by atoms with Crippen molar-refractivity contribution < 1.29 is 14.3 Å². The van der Waals surface area contributed by atoms with Gasteiger partial charge in [0.25, 0.3) is 5.91 Å². The van der Waals surface area contributed by atoms with E-state index in [0.29, 0.717) is 35.4 Å². The highest BCUT2D eigenvalue weighted by Crippen LogP contribution is 2.34. The lowest BCUT2D eigenvalue weighted by atomic mass is 9.96. The zero-order chi connectivity index (χ0) is 20.2. The number of anilines is 1. The first-order valence-corrected chi connectivity index (χ1v) is 10.3. The van der Waals surface area contributed by atoms with E-state index in [-0.39, 0.29) is 17.8 Å².